The molecule has 150 valence electrons. The van der Waals surface area contributed by atoms with Gasteiger partial charge in [0, 0.05) is 29.2 Å². The predicted molar refractivity (Wildman–Crippen MR) is 102 cm³/mol. The van der Waals surface area contributed by atoms with Crippen molar-refractivity contribution in [1.82, 2.24) is 9.55 Å². The molecule has 0 spiro atoms. The zero-order valence-corrected chi connectivity index (χ0v) is 15.4. The summed E-state index contributed by atoms with van der Waals surface area (Å²) in [6.45, 7) is 3.79. The molecule has 10 heteroatoms. The standard InChI is InChI=1S/C19H16F3N5O2/c1-12-8-14(13(2)26(12)16-4-3-7-23-11-16)10-24-25-17-6-5-15(19(20,21)22)9-18(17)27(28)29/h3-11,25H,1-2H3/b24-10-. The van der Waals surface area contributed by atoms with Gasteiger partial charge in [-0.2, -0.15) is 18.3 Å². The van der Waals surface area contributed by atoms with Crippen LogP contribution in [-0.4, -0.2) is 20.7 Å². The van der Waals surface area contributed by atoms with Gasteiger partial charge in [-0.3, -0.25) is 20.5 Å². The van der Waals surface area contributed by atoms with Gasteiger partial charge in [0.1, 0.15) is 5.69 Å². The van der Waals surface area contributed by atoms with Crippen molar-refractivity contribution >= 4 is 17.6 Å². The molecule has 0 unspecified atom stereocenters. The maximum atomic E-state index is 12.8. The lowest BCUT2D eigenvalue weighted by Crippen LogP contribution is -2.06. The number of nitro groups is 1. The monoisotopic (exact) mass is 403 g/mol. The first kappa shape index (κ1) is 20.1. The molecule has 0 radical (unpaired) electrons. The number of hydrazone groups is 1. The van der Waals surface area contributed by atoms with Crippen molar-refractivity contribution in [3.8, 4) is 5.69 Å². The van der Waals surface area contributed by atoms with Crippen LogP contribution >= 0.6 is 0 Å². The van der Waals surface area contributed by atoms with Crippen LogP contribution in [0.1, 0.15) is 22.5 Å². The van der Waals surface area contributed by atoms with Gasteiger partial charge >= 0.3 is 6.18 Å². The van der Waals surface area contributed by atoms with Crippen molar-refractivity contribution in [1.29, 1.82) is 0 Å². The molecule has 0 aliphatic heterocycles. The lowest BCUT2D eigenvalue weighted by molar-refractivity contribution is -0.384. The van der Waals surface area contributed by atoms with E-state index in [1.165, 1.54) is 6.21 Å². The maximum Gasteiger partial charge on any atom is 0.416 e. The van der Waals surface area contributed by atoms with E-state index in [0.29, 0.717) is 6.07 Å². The molecule has 0 aliphatic carbocycles. The summed E-state index contributed by atoms with van der Waals surface area (Å²) in [5, 5.41) is 15.1. The molecule has 3 rings (SSSR count). The molecule has 0 saturated heterocycles. The number of pyridine rings is 1. The third-order valence-corrected chi connectivity index (χ3v) is 4.28. The second-order valence-electron chi connectivity index (χ2n) is 6.23. The van der Waals surface area contributed by atoms with Crippen molar-refractivity contribution < 1.29 is 18.1 Å². The van der Waals surface area contributed by atoms with Gasteiger partial charge in [-0.15, -0.1) is 0 Å². The fourth-order valence-corrected chi connectivity index (χ4v) is 2.93. The van der Waals surface area contributed by atoms with E-state index in [0.717, 1.165) is 34.8 Å². The minimum atomic E-state index is -4.67. The van der Waals surface area contributed by atoms with Gasteiger partial charge in [0.2, 0.25) is 0 Å². The minimum absolute atomic E-state index is 0.139. The van der Waals surface area contributed by atoms with Gasteiger partial charge in [0.15, 0.2) is 0 Å². The molecule has 2 heterocycles. The van der Waals surface area contributed by atoms with Crippen molar-refractivity contribution in [3.05, 3.63) is 81.4 Å². The van der Waals surface area contributed by atoms with Gasteiger partial charge in [-0.1, -0.05) is 0 Å². The van der Waals surface area contributed by atoms with Gasteiger partial charge in [-0.25, -0.2) is 0 Å². The van der Waals surface area contributed by atoms with Crippen LogP contribution in [0.15, 0.2) is 53.9 Å². The number of alkyl halides is 3. The fraction of sp³-hybridized carbons (Fsp3) is 0.158. The summed E-state index contributed by atoms with van der Waals surface area (Å²) in [6, 6.07) is 7.81. The number of aryl methyl sites for hydroxylation is 1. The predicted octanol–water partition coefficient (Wildman–Crippen LogP) is 4.86. The number of hydrogen-bond donors (Lipinski definition) is 1. The first-order chi connectivity index (χ1) is 13.7. The fourth-order valence-electron chi connectivity index (χ4n) is 2.93. The molecule has 0 atom stereocenters. The van der Waals surface area contributed by atoms with E-state index < -0.39 is 22.4 Å². The molecule has 7 nitrogen and oxygen atoms in total. The SMILES string of the molecule is Cc1cc(/C=N\Nc2ccc(C(F)(F)F)cc2[N+](=O)[O-])c(C)n1-c1cccnc1. The van der Waals surface area contributed by atoms with Crippen molar-refractivity contribution in [2.24, 2.45) is 5.10 Å². The second-order valence-corrected chi connectivity index (χ2v) is 6.23. The molecule has 1 aromatic carbocycles. The molecule has 0 fully saturated rings. The quantitative estimate of drug-likeness (QED) is 0.374. The van der Waals surface area contributed by atoms with Crippen LogP contribution in [0.4, 0.5) is 24.5 Å². The Morgan fingerprint density at radius 3 is 2.62 bits per heavy atom. The highest BCUT2D eigenvalue weighted by Gasteiger charge is 2.33. The van der Waals surface area contributed by atoms with Gasteiger partial charge in [0.05, 0.1) is 28.6 Å². The number of anilines is 1. The van der Waals surface area contributed by atoms with E-state index in [2.05, 4.69) is 15.5 Å². The summed E-state index contributed by atoms with van der Waals surface area (Å²) in [4.78, 5) is 14.3. The summed E-state index contributed by atoms with van der Waals surface area (Å²) in [7, 11) is 0. The van der Waals surface area contributed by atoms with Gasteiger partial charge in [-0.05, 0) is 44.2 Å². The first-order valence-electron chi connectivity index (χ1n) is 8.42. The summed E-state index contributed by atoms with van der Waals surface area (Å²) in [5.41, 5.74) is 3.91. The smallest absolute Gasteiger partial charge is 0.316 e. The van der Waals surface area contributed by atoms with Crippen LogP contribution < -0.4 is 5.43 Å². The number of nitrogens with zero attached hydrogens (tertiary/aromatic N) is 4. The number of rotatable bonds is 5. The highest BCUT2D eigenvalue weighted by atomic mass is 19.4. The lowest BCUT2D eigenvalue weighted by atomic mass is 10.1. The molecule has 29 heavy (non-hydrogen) atoms. The van der Waals surface area contributed by atoms with Crippen molar-refractivity contribution in [2.45, 2.75) is 20.0 Å². The molecule has 0 amide bonds. The maximum absolute atomic E-state index is 12.8. The van der Waals surface area contributed by atoms with Crippen LogP contribution in [0.25, 0.3) is 5.69 Å². The Bertz CT molecular complexity index is 1080. The molecule has 0 saturated carbocycles. The van der Waals surface area contributed by atoms with E-state index in [1.807, 2.05) is 36.6 Å². The molecular formula is C19H16F3N5O2. The highest BCUT2D eigenvalue weighted by Crippen LogP contribution is 2.35. The van der Waals surface area contributed by atoms with E-state index >= 15 is 0 Å². The normalized spacial score (nSPS) is 11.8. The lowest BCUT2D eigenvalue weighted by Gasteiger charge is -2.09. The Morgan fingerprint density at radius 1 is 1.24 bits per heavy atom. The Balaban J connectivity index is 1.87. The number of hydrogen-bond acceptors (Lipinski definition) is 5. The Labute approximate surface area is 163 Å². The topological polar surface area (TPSA) is 85.4 Å². The molecular weight excluding hydrogens is 387 g/mol. The zero-order chi connectivity index (χ0) is 21.2. The second kappa shape index (κ2) is 7.74. The third-order valence-electron chi connectivity index (χ3n) is 4.28. The number of nitrogens with one attached hydrogen (secondary N) is 1. The van der Waals surface area contributed by atoms with E-state index in [-0.39, 0.29) is 5.69 Å². The largest absolute Gasteiger partial charge is 0.416 e. The van der Waals surface area contributed by atoms with Crippen molar-refractivity contribution in [2.75, 3.05) is 5.43 Å². The molecule has 2 aromatic heterocycles. The number of aromatic nitrogens is 2. The average Bonchev–Trinajstić information content (AvgIpc) is 2.95. The van der Waals surface area contributed by atoms with E-state index in [1.54, 1.807) is 12.4 Å². The van der Waals surface area contributed by atoms with Crippen LogP contribution in [0.3, 0.4) is 0 Å². The van der Waals surface area contributed by atoms with E-state index in [4.69, 9.17) is 0 Å². The summed E-state index contributed by atoms with van der Waals surface area (Å²) in [6.07, 6.45) is 0.165. The average molecular weight is 403 g/mol. The summed E-state index contributed by atoms with van der Waals surface area (Å²) < 4.78 is 40.3. The van der Waals surface area contributed by atoms with Gasteiger partial charge in [0.25, 0.3) is 5.69 Å². The molecule has 3 aromatic rings. The molecule has 1 N–H and O–H groups in total. The third kappa shape index (κ3) is 4.26. The molecule has 0 aliphatic rings. The van der Waals surface area contributed by atoms with Crippen LogP contribution in [0, 0.1) is 24.0 Å². The summed E-state index contributed by atoms with van der Waals surface area (Å²) in [5.74, 6) is 0. The minimum Gasteiger partial charge on any atom is -0.316 e. The van der Waals surface area contributed by atoms with Gasteiger partial charge < -0.3 is 4.57 Å². The van der Waals surface area contributed by atoms with Crippen LogP contribution in [0.5, 0.6) is 0 Å². The molecule has 0 bridgehead atoms. The number of benzene rings is 1. The van der Waals surface area contributed by atoms with E-state index in [9.17, 15) is 23.3 Å². The van der Waals surface area contributed by atoms with Crippen LogP contribution in [-0.2, 0) is 6.18 Å². The Hall–Kier alpha value is -3.69. The van der Waals surface area contributed by atoms with Crippen molar-refractivity contribution in [3.63, 3.8) is 0 Å². The first-order valence-corrected chi connectivity index (χ1v) is 8.42. The Morgan fingerprint density at radius 2 is 2.00 bits per heavy atom. The van der Waals surface area contributed by atoms with Crippen LogP contribution in [0.2, 0.25) is 0 Å². The Kier molecular flexibility index (Phi) is 5.35. The number of halogens is 3. The summed E-state index contributed by atoms with van der Waals surface area (Å²) >= 11 is 0. The highest BCUT2D eigenvalue weighted by molar-refractivity contribution is 5.83. The number of nitro benzene ring substituents is 1. The zero-order valence-electron chi connectivity index (χ0n) is 15.4.